The molecule has 0 aromatic heterocycles. The number of hydrogen-bond donors (Lipinski definition) is 0. The number of carbonyl (C=O) groups excluding carboxylic acids is 5. The smallest absolute Gasteiger partial charge is 0.550 e. The molecule has 0 aliphatic heterocycles. The van der Waals surface area contributed by atoms with Gasteiger partial charge in [0.1, 0.15) is 0 Å². The second-order valence-electron chi connectivity index (χ2n) is 7.38. The Hall–Kier alpha value is 1.61. The molecule has 0 amide bonds. The Morgan fingerprint density at radius 3 is 0.487 bits per heavy atom. The van der Waals surface area contributed by atoms with E-state index < -0.39 is 29.8 Å². The molecule has 0 fully saturated rings. The molecule has 0 saturated heterocycles. The Bertz CT molecular complexity index is 422. The predicted octanol–water partition coefficient (Wildman–Crippen LogP) is -9.74. The van der Waals surface area contributed by atoms with Crippen LogP contribution in [0, 0.1) is 0 Å². The van der Waals surface area contributed by atoms with Crippen molar-refractivity contribution in [3.8, 4) is 0 Å². The van der Waals surface area contributed by atoms with Crippen LogP contribution in [0.5, 0.6) is 0 Å². The van der Waals surface area contributed by atoms with E-state index >= 15 is 0 Å². The normalized spacial score (nSPS) is 7.82. The Morgan fingerprint density at radius 1 is 0.359 bits per heavy atom. The molecule has 0 radical (unpaired) electrons. The molecule has 0 bridgehead atoms. The number of rotatable bonds is 15. The summed E-state index contributed by atoms with van der Waals surface area (Å²) in [5, 5.41) is 48.2. The van der Waals surface area contributed by atoms with Crippen LogP contribution in [-0.4, -0.2) is 67.6 Å². The maximum Gasteiger partial charge on any atom is 2.00 e. The second kappa shape index (κ2) is 59.1. The summed E-state index contributed by atoms with van der Waals surface area (Å²) in [6.45, 7) is 9.74. The molecule has 10 nitrogen and oxygen atoms in total. The topological polar surface area (TPSA) is 201 Å². The molecule has 0 N–H and O–H groups in total. The van der Waals surface area contributed by atoms with Crippen LogP contribution < -0.4 is 114 Å². The van der Waals surface area contributed by atoms with Crippen LogP contribution >= 0.6 is 0 Å². The van der Waals surface area contributed by atoms with Crippen LogP contribution in [0.3, 0.4) is 0 Å². The summed E-state index contributed by atoms with van der Waals surface area (Å²) in [6, 6.07) is 0. The van der Waals surface area contributed by atoms with Crippen molar-refractivity contribution in [1.82, 2.24) is 0 Å². The molecule has 0 atom stereocenters. The van der Waals surface area contributed by atoms with Gasteiger partial charge in [0, 0.05) is 29.8 Å². The third kappa shape index (κ3) is 120. The van der Waals surface area contributed by atoms with Gasteiger partial charge in [0.15, 0.2) is 0 Å². The van der Waals surface area contributed by atoms with Crippen molar-refractivity contribution >= 4 is 67.6 Å². The minimum Gasteiger partial charge on any atom is -0.550 e. The van der Waals surface area contributed by atoms with Crippen molar-refractivity contribution in [2.75, 3.05) is 0 Å². The summed E-state index contributed by atoms with van der Waals surface area (Å²) >= 11 is 0. The molecular weight excluding hydrogens is 569 g/mol. The van der Waals surface area contributed by atoms with Crippen molar-refractivity contribution in [3.63, 3.8) is 0 Å². The standard InChI is InChI=1S/5C5H10O2.Ca.3Na/c5*1-2-3-4-5(6)7;;;;/h5*2-4H2,1H3,(H,6,7);;;;/q;;;;;+2;3*+1/p-5. The van der Waals surface area contributed by atoms with E-state index in [2.05, 4.69) is 0 Å². The van der Waals surface area contributed by atoms with E-state index in [0.717, 1.165) is 64.2 Å². The van der Waals surface area contributed by atoms with Gasteiger partial charge in [-0.15, -0.1) is 0 Å². The zero-order valence-corrected chi connectivity index (χ0v) is 34.1. The van der Waals surface area contributed by atoms with E-state index in [0.29, 0.717) is 0 Å². The van der Waals surface area contributed by atoms with Gasteiger partial charge in [0.2, 0.25) is 0 Å². The zero-order chi connectivity index (χ0) is 28.5. The van der Waals surface area contributed by atoms with Crippen LogP contribution in [-0.2, 0) is 24.0 Å². The van der Waals surface area contributed by atoms with Crippen LogP contribution in [0.1, 0.15) is 131 Å². The summed E-state index contributed by atoms with van der Waals surface area (Å²) in [7, 11) is 0. The average Bonchev–Trinajstić information content (AvgIpc) is 2.78. The fourth-order valence-electron chi connectivity index (χ4n) is 1.61. The van der Waals surface area contributed by atoms with Crippen LogP contribution in [0.25, 0.3) is 0 Å². The van der Waals surface area contributed by atoms with Crippen molar-refractivity contribution in [2.45, 2.75) is 131 Å². The number of carbonyl (C=O) groups is 5. The summed E-state index contributed by atoms with van der Waals surface area (Å²) in [6.07, 6.45) is 9.34. The van der Waals surface area contributed by atoms with Crippen molar-refractivity contribution in [1.29, 1.82) is 0 Å². The Balaban J connectivity index is -0.0000000402. The van der Waals surface area contributed by atoms with Crippen LogP contribution in [0.4, 0.5) is 0 Å². The summed E-state index contributed by atoms with van der Waals surface area (Å²) < 4.78 is 0. The second-order valence-corrected chi connectivity index (χ2v) is 7.38. The van der Waals surface area contributed by atoms with Gasteiger partial charge in [0.25, 0.3) is 0 Å². The van der Waals surface area contributed by atoms with Gasteiger partial charge in [-0.25, -0.2) is 0 Å². The largest absolute Gasteiger partial charge is 2.00 e. The van der Waals surface area contributed by atoms with E-state index in [-0.39, 0.29) is 159 Å². The monoisotopic (exact) mass is 614 g/mol. The fourth-order valence-corrected chi connectivity index (χ4v) is 1.61. The molecule has 0 rings (SSSR count). The Morgan fingerprint density at radius 2 is 0.462 bits per heavy atom. The van der Waals surface area contributed by atoms with Crippen molar-refractivity contribution in [3.05, 3.63) is 0 Å². The molecule has 0 heterocycles. The molecule has 0 aromatic carbocycles. The van der Waals surface area contributed by atoms with Gasteiger partial charge in [-0.3, -0.25) is 0 Å². The molecule has 39 heavy (non-hydrogen) atoms. The number of carboxylic acid groups (broad SMARTS) is 5. The Labute approximate surface area is 332 Å². The number of unbranched alkanes of at least 4 members (excludes halogenated alkanes) is 5. The number of hydrogen-bond acceptors (Lipinski definition) is 10. The van der Waals surface area contributed by atoms with E-state index in [1.165, 1.54) is 0 Å². The molecule has 0 unspecified atom stereocenters. The van der Waals surface area contributed by atoms with E-state index in [1.807, 2.05) is 34.6 Å². The fraction of sp³-hybridized carbons (Fsp3) is 0.800. The first-order chi connectivity index (χ1) is 16.4. The summed E-state index contributed by atoms with van der Waals surface area (Å²) in [5.74, 6) is -4.71. The van der Waals surface area contributed by atoms with Crippen LogP contribution in [0.2, 0.25) is 0 Å². The van der Waals surface area contributed by atoms with Gasteiger partial charge in [-0.05, 0) is 64.2 Å². The molecule has 0 aliphatic carbocycles. The van der Waals surface area contributed by atoms with E-state index in [1.54, 1.807) is 0 Å². The first-order valence-electron chi connectivity index (χ1n) is 12.3. The molecule has 0 spiro atoms. The third-order valence-corrected chi connectivity index (χ3v) is 3.67. The number of carboxylic acids is 5. The van der Waals surface area contributed by atoms with Gasteiger partial charge in [0.05, 0.1) is 0 Å². The van der Waals surface area contributed by atoms with Gasteiger partial charge < -0.3 is 49.5 Å². The van der Waals surface area contributed by atoms with Gasteiger partial charge in [-0.2, -0.15) is 0 Å². The van der Waals surface area contributed by atoms with Gasteiger partial charge in [-0.1, -0.05) is 66.7 Å². The first-order valence-corrected chi connectivity index (χ1v) is 12.3. The molecule has 0 aromatic rings. The first kappa shape index (κ1) is 63.8. The maximum absolute atomic E-state index is 9.65. The Kier molecular flexibility index (Phi) is 96.6. The quantitative estimate of drug-likeness (QED) is 0.160. The SMILES string of the molecule is CCCCC(=O)[O-].CCCCC(=O)[O-].CCCCC(=O)[O-].CCCCC(=O)[O-].CCCCC(=O)[O-].[Ca+2].[Na+].[Na+].[Na+]. The minimum atomic E-state index is -0.943. The van der Waals surface area contributed by atoms with Gasteiger partial charge >= 0.3 is 126 Å². The third-order valence-electron chi connectivity index (χ3n) is 3.67. The molecule has 14 heteroatoms. The number of aliphatic carboxylic acids is 5. The van der Waals surface area contributed by atoms with Crippen molar-refractivity contribution in [2.24, 2.45) is 0 Å². The summed E-state index contributed by atoms with van der Waals surface area (Å²) in [5.41, 5.74) is 0. The van der Waals surface area contributed by atoms with E-state index in [4.69, 9.17) is 0 Å². The average molecular weight is 615 g/mol. The minimum absolute atomic E-state index is 0. The van der Waals surface area contributed by atoms with E-state index in [9.17, 15) is 49.5 Å². The summed E-state index contributed by atoms with van der Waals surface area (Å²) in [4.78, 5) is 48.2. The molecule has 0 aliphatic rings. The molecule has 0 saturated carbocycles. The zero-order valence-electron chi connectivity index (χ0n) is 25.9. The maximum atomic E-state index is 9.65. The molecule has 210 valence electrons. The van der Waals surface area contributed by atoms with Crippen LogP contribution in [0.15, 0.2) is 0 Å². The molecular formula is C25H45CaNa3O10. The predicted molar refractivity (Wildman–Crippen MR) is 128 cm³/mol. The van der Waals surface area contributed by atoms with Crippen molar-refractivity contribution < 1.29 is 138 Å².